The van der Waals surface area contributed by atoms with Gasteiger partial charge in [0, 0.05) is 6.42 Å². The zero-order valence-electron chi connectivity index (χ0n) is 12.0. The Kier molecular flexibility index (Phi) is 5.92. The van der Waals surface area contributed by atoms with Gasteiger partial charge in [-0.1, -0.05) is 66.7 Å². The molecule has 0 radical (unpaired) electrons. The van der Waals surface area contributed by atoms with E-state index in [1.165, 1.54) is 5.56 Å². The number of rotatable bonds is 7. The van der Waals surface area contributed by atoms with Crippen molar-refractivity contribution in [3.05, 3.63) is 77.9 Å². The first-order valence-electron chi connectivity index (χ1n) is 7.22. The molecule has 2 heteroatoms. The SMILES string of the molecule is O=C(C=Cc1ccccc1)C[C@@H](O)CCc1ccccc1. The molecular formula is C19H20O2. The highest BCUT2D eigenvalue weighted by molar-refractivity contribution is 5.93. The quantitative estimate of drug-likeness (QED) is 0.786. The van der Waals surface area contributed by atoms with Crippen molar-refractivity contribution in [2.75, 3.05) is 0 Å². The molecule has 21 heavy (non-hydrogen) atoms. The molecule has 0 aliphatic carbocycles. The van der Waals surface area contributed by atoms with Gasteiger partial charge in [-0.2, -0.15) is 0 Å². The maximum Gasteiger partial charge on any atom is 0.158 e. The fraction of sp³-hybridized carbons (Fsp3) is 0.211. The van der Waals surface area contributed by atoms with Gasteiger partial charge >= 0.3 is 0 Å². The van der Waals surface area contributed by atoms with Crippen molar-refractivity contribution in [3.63, 3.8) is 0 Å². The average Bonchev–Trinajstić information content (AvgIpc) is 2.53. The Bertz CT molecular complexity index is 573. The minimum absolute atomic E-state index is 0.0422. The Hall–Kier alpha value is -2.19. The monoisotopic (exact) mass is 280 g/mol. The number of aryl methyl sites for hydroxylation is 1. The zero-order valence-corrected chi connectivity index (χ0v) is 12.0. The Morgan fingerprint density at radius 3 is 2.29 bits per heavy atom. The van der Waals surface area contributed by atoms with Crippen LogP contribution in [0, 0.1) is 0 Å². The fourth-order valence-corrected chi connectivity index (χ4v) is 2.13. The predicted molar refractivity (Wildman–Crippen MR) is 85.9 cm³/mol. The van der Waals surface area contributed by atoms with E-state index >= 15 is 0 Å². The van der Waals surface area contributed by atoms with Crippen molar-refractivity contribution in [2.45, 2.75) is 25.4 Å². The van der Waals surface area contributed by atoms with Crippen molar-refractivity contribution in [2.24, 2.45) is 0 Å². The van der Waals surface area contributed by atoms with Crippen LogP contribution in [-0.2, 0) is 11.2 Å². The molecule has 108 valence electrons. The van der Waals surface area contributed by atoms with Gasteiger partial charge in [0.05, 0.1) is 6.10 Å². The van der Waals surface area contributed by atoms with Crippen molar-refractivity contribution < 1.29 is 9.90 Å². The maximum absolute atomic E-state index is 11.8. The molecule has 0 saturated heterocycles. The van der Waals surface area contributed by atoms with Gasteiger partial charge in [-0.3, -0.25) is 4.79 Å². The summed E-state index contributed by atoms with van der Waals surface area (Å²) in [6, 6.07) is 19.7. The number of aliphatic hydroxyl groups excluding tert-OH is 1. The van der Waals surface area contributed by atoms with Crippen LogP contribution in [0.3, 0.4) is 0 Å². The summed E-state index contributed by atoms with van der Waals surface area (Å²) in [5.74, 6) is -0.0422. The lowest BCUT2D eigenvalue weighted by Gasteiger charge is -2.08. The minimum Gasteiger partial charge on any atom is -0.393 e. The highest BCUT2D eigenvalue weighted by Gasteiger charge is 2.08. The Balaban J connectivity index is 1.76. The van der Waals surface area contributed by atoms with Crippen molar-refractivity contribution >= 4 is 11.9 Å². The van der Waals surface area contributed by atoms with Crippen LogP contribution in [0.1, 0.15) is 24.0 Å². The molecule has 0 unspecified atom stereocenters. The van der Waals surface area contributed by atoms with Gasteiger partial charge in [-0.15, -0.1) is 0 Å². The summed E-state index contributed by atoms with van der Waals surface area (Å²) in [4.78, 5) is 11.8. The normalized spacial score (nSPS) is 12.4. The molecule has 2 aromatic rings. The van der Waals surface area contributed by atoms with Gasteiger partial charge in [0.1, 0.15) is 0 Å². The van der Waals surface area contributed by atoms with Gasteiger partial charge < -0.3 is 5.11 Å². The van der Waals surface area contributed by atoms with Gasteiger partial charge in [0.25, 0.3) is 0 Å². The maximum atomic E-state index is 11.8. The molecule has 0 spiro atoms. The predicted octanol–water partition coefficient (Wildman–Crippen LogP) is 3.65. The third-order valence-corrected chi connectivity index (χ3v) is 3.31. The summed E-state index contributed by atoms with van der Waals surface area (Å²) >= 11 is 0. The number of carbonyl (C=O) groups excluding carboxylic acids is 1. The molecule has 2 aromatic carbocycles. The summed E-state index contributed by atoms with van der Waals surface area (Å²) in [7, 11) is 0. The van der Waals surface area contributed by atoms with Gasteiger partial charge in [-0.25, -0.2) is 0 Å². The van der Waals surface area contributed by atoms with E-state index in [1.54, 1.807) is 12.2 Å². The van der Waals surface area contributed by atoms with E-state index in [0.29, 0.717) is 6.42 Å². The summed E-state index contributed by atoms with van der Waals surface area (Å²) in [5, 5.41) is 9.92. The summed E-state index contributed by atoms with van der Waals surface area (Å²) in [6.07, 6.45) is 4.31. The number of carbonyl (C=O) groups is 1. The Morgan fingerprint density at radius 2 is 1.62 bits per heavy atom. The smallest absolute Gasteiger partial charge is 0.158 e. The summed E-state index contributed by atoms with van der Waals surface area (Å²) < 4.78 is 0. The van der Waals surface area contributed by atoms with Crippen molar-refractivity contribution in [1.82, 2.24) is 0 Å². The van der Waals surface area contributed by atoms with Crippen LogP contribution in [0.2, 0.25) is 0 Å². The third-order valence-electron chi connectivity index (χ3n) is 3.31. The molecule has 2 nitrogen and oxygen atoms in total. The number of hydrogen-bond donors (Lipinski definition) is 1. The topological polar surface area (TPSA) is 37.3 Å². The summed E-state index contributed by atoms with van der Waals surface area (Å²) in [6.45, 7) is 0. The van der Waals surface area contributed by atoms with Crippen LogP contribution in [-0.4, -0.2) is 17.0 Å². The van der Waals surface area contributed by atoms with Crippen LogP contribution >= 0.6 is 0 Å². The molecule has 0 aliphatic rings. The Labute approximate surface area is 125 Å². The second-order valence-corrected chi connectivity index (χ2v) is 5.09. The summed E-state index contributed by atoms with van der Waals surface area (Å²) in [5.41, 5.74) is 2.17. The molecule has 0 amide bonds. The third kappa shape index (κ3) is 5.76. The van der Waals surface area contributed by atoms with E-state index in [4.69, 9.17) is 0 Å². The van der Waals surface area contributed by atoms with Gasteiger partial charge in [0.2, 0.25) is 0 Å². The molecule has 0 saturated carbocycles. The van der Waals surface area contributed by atoms with E-state index in [1.807, 2.05) is 60.7 Å². The molecule has 2 rings (SSSR count). The van der Waals surface area contributed by atoms with E-state index in [2.05, 4.69) is 0 Å². The zero-order chi connectivity index (χ0) is 14.9. The first kappa shape index (κ1) is 15.2. The van der Waals surface area contributed by atoms with Gasteiger partial charge in [0.15, 0.2) is 5.78 Å². The number of aliphatic hydroxyl groups is 1. The minimum atomic E-state index is -0.585. The molecule has 0 aliphatic heterocycles. The molecule has 0 heterocycles. The highest BCUT2D eigenvalue weighted by Crippen LogP contribution is 2.08. The first-order chi connectivity index (χ1) is 10.2. The standard InChI is InChI=1S/C19H20O2/c20-18(13-11-16-7-3-1-4-8-16)15-19(21)14-12-17-9-5-2-6-10-17/h1-11,13,19,21H,12,14-15H2/t19-/m0/s1. The molecular weight excluding hydrogens is 260 g/mol. The van der Waals surface area contributed by atoms with Gasteiger partial charge in [-0.05, 0) is 30.0 Å². The molecule has 0 aromatic heterocycles. The van der Waals surface area contributed by atoms with Crippen molar-refractivity contribution in [3.8, 4) is 0 Å². The first-order valence-corrected chi connectivity index (χ1v) is 7.22. The molecule has 1 N–H and O–H groups in total. The van der Waals surface area contributed by atoms with Crippen molar-refractivity contribution in [1.29, 1.82) is 0 Å². The van der Waals surface area contributed by atoms with E-state index in [0.717, 1.165) is 12.0 Å². The number of allylic oxidation sites excluding steroid dienone is 1. The van der Waals surface area contributed by atoms with E-state index < -0.39 is 6.10 Å². The van der Waals surface area contributed by atoms with Crippen LogP contribution in [0.15, 0.2) is 66.7 Å². The molecule has 1 atom stereocenters. The Morgan fingerprint density at radius 1 is 1.00 bits per heavy atom. The number of ketones is 1. The second-order valence-electron chi connectivity index (χ2n) is 5.09. The lowest BCUT2D eigenvalue weighted by molar-refractivity contribution is -0.116. The van der Waals surface area contributed by atoms with Crippen LogP contribution in [0.25, 0.3) is 6.08 Å². The molecule has 0 fully saturated rings. The molecule has 0 bridgehead atoms. The van der Waals surface area contributed by atoms with E-state index in [-0.39, 0.29) is 12.2 Å². The van der Waals surface area contributed by atoms with E-state index in [9.17, 15) is 9.90 Å². The van der Waals surface area contributed by atoms with Crippen LogP contribution in [0.4, 0.5) is 0 Å². The number of benzene rings is 2. The lowest BCUT2D eigenvalue weighted by Crippen LogP contribution is -2.12. The fourth-order valence-electron chi connectivity index (χ4n) is 2.13. The average molecular weight is 280 g/mol. The largest absolute Gasteiger partial charge is 0.393 e. The lowest BCUT2D eigenvalue weighted by atomic mass is 10.0. The highest BCUT2D eigenvalue weighted by atomic mass is 16.3. The number of hydrogen-bond acceptors (Lipinski definition) is 2. The second kappa shape index (κ2) is 8.18. The van der Waals surface area contributed by atoms with Crippen LogP contribution in [0.5, 0.6) is 0 Å². The van der Waals surface area contributed by atoms with Crippen LogP contribution < -0.4 is 0 Å².